The fourth-order valence-corrected chi connectivity index (χ4v) is 1.59. The molecule has 0 saturated heterocycles. The van der Waals surface area contributed by atoms with E-state index in [1.54, 1.807) is 0 Å². The Kier molecular flexibility index (Phi) is 6.44. The van der Waals surface area contributed by atoms with Crippen LogP contribution in [0.4, 0.5) is 0 Å². The molecule has 1 amide bonds. The highest BCUT2D eigenvalue weighted by Crippen LogP contribution is 2.15. The molecule has 0 radical (unpaired) electrons. The number of rotatable bonds is 8. The van der Waals surface area contributed by atoms with Crippen molar-refractivity contribution in [2.75, 3.05) is 20.0 Å². The normalized spacial score (nSPS) is 13.9. The summed E-state index contributed by atoms with van der Waals surface area (Å²) in [5.74, 6) is -2.02. The van der Waals surface area contributed by atoms with Gasteiger partial charge in [0.05, 0.1) is 0 Å². The minimum atomic E-state index is -3.63. The van der Waals surface area contributed by atoms with E-state index in [1.807, 2.05) is 0 Å². The van der Waals surface area contributed by atoms with Gasteiger partial charge in [0.15, 0.2) is 9.84 Å². The third-order valence-corrected chi connectivity index (χ3v) is 4.96. The quantitative estimate of drug-likeness (QED) is 0.600. The number of ether oxygens (including phenoxy) is 1. The lowest BCUT2D eigenvalue weighted by molar-refractivity contribution is -0.142. The van der Waals surface area contributed by atoms with Gasteiger partial charge < -0.3 is 15.2 Å². The Morgan fingerprint density at radius 2 is 1.89 bits per heavy atom. The Bertz CT molecular complexity index is 428. The van der Waals surface area contributed by atoms with Crippen molar-refractivity contribution in [3.05, 3.63) is 0 Å². The van der Waals surface area contributed by atoms with Gasteiger partial charge in [-0.25, -0.2) is 13.2 Å². The van der Waals surface area contributed by atoms with Gasteiger partial charge in [-0.05, 0) is 26.7 Å². The standard InChI is InChI=1S/C11H21NO6S/c1-11(2,19(4,16)17)10(15)12-8(9(13)14)6-5-7-18-3/h8H,5-7H2,1-4H3,(H,12,15)(H,13,14). The summed E-state index contributed by atoms with van der Waals surface area (Å²) in [6.07, 6.45) is 1.56. The van der Waals surface area contributed by atoms with Crippen LogP contribution in [0, 0.1) is 0 Å². The zero-order valence-corrected chi connectivity index (χ0v) is 12.4. The van der Waals surface area contributed by atoms with Gasteiger partial charge in [0, 0.05) is 20.0 Å². The maximum absolute atomic E-state index is 11.9. The number of carboxylic acid groups (broad SMARTS) is 1. The predicted molar refractivity (Wildman–Crippen MR) is 69.6 cm³/mol. The predicted octanol–water partition coefficient (Wildman–Crippen LogP) is -0.194. The largest absolute Gasteiger partial charge is 0.480 e. The van der Waals surface area contributed by atoms with Crippen molar-refractivity contribution in [3.8, 4) is 0 Å². The molecule has 0 aromatic rings. The lowest BCUT2D eigenvalue weighted by Crippen LogP contribution is -2.52. The average molecular weight is 295 g/mol. The molecule has 0 bridgehead atoms. The van der Waals surface area contributed by atoms with Crippen LogP contribution < -0.4 is 5.32 Å². The number of aliphatic carboxylic acids is 1. The minimum Gasteiger partial charge on any atom is -0.480 e. The van der Waals surface area contributed by atoms with Crippen LogP contribution in [-0.4, -0.2) is 56.2 Å². The maximum Gasteiger partial charge on any atom is 0.326 e. The fourth-order valence-electron chi connectivity index (χ4n) is 1.19. The van der Waals surface area contributed by atoms with Gasteiger partial charge in [-0.15, -0.1) is 0 Å². The van der Waals surface area contributed by atoms with Gasteiger partial charge in [-0.2, -0.15) is 0 Å². The second-order valence-corrected chi connectivity index (χ2v) is 7.35. The van der Waals surface area contributed by atoms with Gasteiger partial charge in [0.2, 0.25) is 5.91 Å². The molecule has 112 valence electrons. The Morgan fingerprint density at radius 3 is 2.26 bits per heavy atom. The van der Waals surface area contributed by atoms with Crippen molar-refractivity contribution in [2.24, 2.45) is 0 Å². The van der Waals surface area contributed by atoms with E-state index in [1.165, 1.54) is 21.0 Å². The number of hydrogen-bond acceptors (Lipinski definition) is 5. The SMILES string of the molecule is COCCCC(NC(=O)C(C)(C)S(C)(=O)=O)C(=O)O. The summed E-state index contributed by atoms with van der Waals surface area (Å²) in [5, 5.41) is 11.2. The first kappa shape index (κ1) is 17.8. The van der Waals surface area contributed by atoms with E-state index < -0.39 is 32.5 Å². The highest BCUT2D eigenvalue weighted by Gasteiger charge is 2.40. The number of nitrogens with one attached hydrogen (secondary N) is 1. The Hall–Kier alpha value is -1.15. The third-order valence-electron chi connectivity index (χ3n) is 2.92. The van der Waals surface area contributed by atoms with Gasteiger partial charge in [0.1, 0.15) is 10.8 Å². The Morgan fingerprint density at radius 1 is 1.37 bits per heavy atom. The number of hydrogen-bond donors (Lipinski definition) is 2. The second kappa shape index (κ2) is 6.85. The van der Waals surface area contributed by atoms with Crippen molar-refractivity contribution in [3.63, 3.8) is 0 Å². The van der Waals surface area contributed by atoms with Crippen LogP contribution >= 0.6 is 0 Å². The number of amides is 1. The van der Waals surface area contributed by atoms with E-state index in [2.05, 4.69) is 5.32 Å². The molecule has 0 aromatic heterocycles. The van der Waals surface area contributed by atoms with Gasteiger partial charge in [-0.1, -0.05) is 0 Å². The second-order valence-electron chi connectivity index (χ2n) is 4.78. The number of sulfone groups is 1. The van der Waals surface area contributed by atoms with Gasteiger partial charge in [-0.3, -0.25) is 4.79 Å². The molecular weight excluding hydrogens is 274 g/mol. The van der Waals surface area contributed by atoms with Crippen LogP contribution in [0.25, 0.3) is 0 Å². The summed E-state index contributed by atoms with van der Waals surface area (Å²) >= 11 is 0. The highest BCUT2D eigenvalue weighted by atomic mass is 32.2. The molecular formula is C11H21NO6S. The minimum absolute atomic E-state index is 0.175. The first-order chi connectivity index (χ1) is 8.54. The molecule has 2 N–H and O–H groups in total. The number of carbonyl (C=O) groups excluding carboxylic acids is 1. The van der Waals surface area contributed by atoms with E-state index in [9.17, 15) is 18.0 Å². The molecule has 0 aromatic carbocycles. The molecule has 8 heteroatoms. The lowest BCUT2D eigenvalue weighted by atomic mass is 10.1. The zero-order valence-electron chi connectivity index (χ0n) is 11.6. The summed E-state index contributed by atoms with van der Waals surface area (Å²) in [5.41, 5.74) is 0. The number of methoxy groups -OCH3 is 1. The summed E-state index contributed by atoms with van der Waals surface area (Å²) in [6, 6.07) is -1.12. The Labute approximate surface area is 113 Å². The molecule has 19 heavy (non-hydrogen) atoms. The van der Waals surface area contributed by atoms with Crippen LogP contribution in [0.5, 0.6) is 0 Å². The van der Waals surface area contributed by atoms with Gasteiger partial charge in [0.25, 0.3) is 0 Å². The summed E-state index contributed by atoms with van der Waals surface area (Å²) < 4.78 is 26.1. The number of carboxylic acids is 1. The average Bonchev–Trinajstić information content (AvgIpc) is 2.25. The van der Waals surface area contributed by atoms with Crippen LogP contribution in [0.15, 0.2) is 0 Å². The topological polar surface area (TPSA) is 110 Å². The third kappa shape index (κ3) is 5.15. The van der Waals surface area contributed by atoms with Crippen molar-refractivity contribution in [1.29, 1.82) is 0 Å². The van der Waals surface area contributed by atoms with Crippen molar-refractivity contribution >= 4 is 21.7 Å². The van der Waals surface area contributed by atoms with Crippen LogP contribution in [0.2, 0.25) is 0 Å². The molecule has 1 unspecified atom stereocenters. The monoisotopic (exact) mass is 295 g/mol. The number of carbonyl (C=O) groups is 2. The molecule has 0 rings (SSSR count). The van der Waals surface area contributed by atoms with E-state index in [4.69, 9.17) is 9.84 Å². The van der Waals surface area contributed by atoms with Crippen molar-refractivity contribution in [1.82, 2.24) is 5.32 Å². The molecule has 1 atom stereocenters. The van der Waals surface area contributed by atoms with Crippen LogP contribution in [0.1, 0.15) is 26.7 Å². The van der Waals surface area contributed by atoms with Crippen LogP contribution in [0.3, 0.4) is 0 Å². The first-order valence-corrected chi connectivity index (χ1v) is 7.65. The molecule has 0 heterocycles. The molecule has 0 saturated carbocycles. The van der Waals surface area contributed by atoms with E-state index in [0.29, 0.717) is 13.0 Å². The van der Waals surface area contributed by atoms with Gasteiger partial charge >= 0.3 is 5.97 Å². The van der Waals surface area contributed by atoms with Crippen LogP contribution in [-0.2, 0) is 24.2 Å². The zero-order chi connectivity index (χ0) is 15.3. The highest BCUT2D eigenvalue weighted by molar-refractivity contribution is 7.92. The first-order valence-electron chi connectivity index (χ1n) is 5.76. The fraction of sp³-hybridized carbons (Fsp3) is 0.818. The molecule has 7 nitrogen and oxygen atoms in total. The Balaban J connectivity index is 4.78. The van der Waals surface area contributed by atoms with E-state index >= 15 is 0 Å². The van der Waals surface area contributed by atoms with E-state index in [0.717, 1.165) is 6.26 Å². The molecule has 0 aliphatic rings. The van der Waals surface area contributed by atoms with E-state index in [-0.39, 0.29) is 6.42 Å². The molecule has 0 aliphatic heterocycles. The maximum atomic E-state index is 11.9. The molecule has 0 spiro atoms. The van der Waals surface area contributed by atoms with Crippen molar-refractivity contribution in [2.45, 2.75) is 37.5 Å². The summed E-state index contributed by atoms with van der Waals surface area (Å²) in [6.45, 7) is 2.85. The summed E-state index contributed by atoms with van der Waals surface area (Å²) in [7, 11) is -2.14. The van der Waals surface area contributed by atoms with Crippen molar-refractivity contribution < 1.29 is 27.9 Å². The lowest BCUT2D eigenvalue weighted by Gasteiger charge is -2.24. The molecule has 0 aliphatic carbocycles. The smallest absolute Gasteiger partial charge is 0.326 e. The summed E-state index contributed by atoms with van der Waals surface area (Å²) in [4.78, 5) is 22.9. The molecule has 0 fully saturated rings.